The molecule has 0 unspecified atom stereocenters. The Morgan fingerprint density at radius 1 is 0.929 bits per heavy atom. The first-order chi connectivity index (χ1) is 13.6. The lowest BCUT2D eigenvalue weighted by atomic mass is 9.91. The zero-order valence-corrected chi connectivity index (χ0v) is 15.8. The van der Waals surface area contributed by atoms with Gasteiger partial charge in [-0.05, 0) is 36.5 Å². The molecule has 2 aliphatic rings. The number of carbonyl (C=O) groups is 3. The topological polar surface area (TPSA) is 66.5 Å². The van der Waals surface area contributed by atoms with Crippen LogP contribution in [0.15, 0.2) is 54.6 Å². The lowest BCUT2D eigenvalue weighted by molar-refractivity contribution is -0.122. The van der Waals surface area contributed by atoms with Crippen LogP contribution < -0.4 is 5.32 Å². The van der Waals surface area contributed by atoms with Crippen molar-refractivity contribution in [3.05, 3.63) is 71.3 Å². The van der Waals surface area contributed by atoms with Gasteiger partial charge >= 0.3 is 0 Å². The van der Waals surface area contributed by atoms with Gasteiger partial charge in [-0.1, -0.05) is 55.3 Å². The van der Waals surface area contributed by atoms with Crippen molar-refractivity contribution in [1.82, 2.24) is 10.2 Å². The predicted octanol–water partition coefficient (Wildman–Crippen LogP) is 3.72. The van der Waals surface area contributed by atoms with Crippen molar-refractivity contribution in [2.75, 3.05) is 6.54 Å². The van der Waals surface area contributed by atoms with Crippen LogP contribution in [0, 0.1) is 5.92 Å². The van der Waals surface area contributed by atoms with E-state index in [1.807, 2.05) is 30.3 Å². The zero-order chi connectivity index (χ0) is 19.5. The van der Waals surface area contributed by atoms with E-state index in [9.17, 15) is 14.4 Å². The molecule has 28 heavy (non-hydrogen) atoms. The molecule has 1 aliphatic heterocycles. The lowest BCUT2D eigenvalue weighted by Crippen LogP contribution is -2.37. The lowest BCUT2D eigenvalue weighted by Gasteiger charge is -2.25. The summed E-state index contributed by atoms with van der Waals surface area (Å²) < 4.78 is 0. The minimum absolute atomic E-state index is 0.0154. The third-order valence-electron chi connectivity index (χ3n) is 5.79. The van der Waals surface area contributed by atoms with Crippen molar-refractivity contribution < 1.29 is 14.4 Å². The second-order valence-corrected chi connectivity index (χ2v) is 7.56. The highest BCUT2D eigenvalue weighted by Gasteiger charge is 2.35. The molecule has 5 heteroatoms. The molecule has 1 N–H and O–H groups in total. The summed E-state index contributed by atoms with van der Waals surface area (Å²) in [6.45, 7) is 0.102. The first kappa shape index (κ1) is 18.4. The average Bonchev–Trinajstić information content (AvgIpc) is 3.34. The third kappa shape index (κ3) is 3.57. The van der Waals surface area contributed by atoms with Gasteiger partial charge in [-0.3, -0.25) is 19.3 Å². The van der Waals surface area contributed by atoms with E-state index in [4.69, 9.17) is 0 Å². The second kappa shape index (κ2) is 7.97. The van der Waals surface area contributed by atoms with E-state index < -0.39 is 0 Å². The maximum Gasteiger partial charge on any atom is 0.261 e. The standard InChI is InChI=1S/C23H24N2O3/c26-20(14-15-25-22(27)18-12-6-7-13-19(18)23(25)28)24-21(17-10-4-5-11-17)16-8-2-1-3-9-16/h1-3,6-9,12-13,17,21H,4-5,10-11,14-15H2,(H,24,26)/t21-/m0/s1. The number of nitrogens with zero attached hydrogens (tertiary/aromatic N) is 1. The van der Waals surface area contributed by atoms with Gasteiger partial charge in [0.15, 0.2) is 0 Å². The Balaban J connectivity index is 1.41. The Morgan fingerprint density at radius 2 is 1.50 bits per heavy atom. The van der Waals surface area contributed by atoms with Crippen molar-refractivity contribution in [2.24, 2.45) is 5.92 Å². The van der Waals surface area contributed by atoms with Crippen LogP contribution in [0.1, 0.15) is 64.4 Å². The summed E-state index contributed by atoms with van der Waals surface area (Å²) in [5.74, 6) is -0.324. The molecule has 1 heterocycles. The number of hydrogen-bond acceptors (Lipinski definition) is 3. The second-order valence-electron chi connectivity index (χ2n) is 7.56. The maximum absolute atomic E-state index is 12.7. The first-order valence-electron chi connectivity index (χ1n) is 9.94. The Morgan fingerprint density at radius 3 is 2.11 bits per heavy atom. The van der Waals surface area contributed by atoms with Gasteiger partial charge < -0.3 is 5.32 Å². The van der Waals surface area contributed by atoms with Crippen LogP contribution in [0.2, 0.25) is 0 Å². The highest BCUT2D eigenvalue weighted by atomic mass is 16.2. The van der Waals surface area contributed by atoms with E-state index in [1.54, 1.807) is 24.3 Å². The number of hydrogen-bond donors (Lipinski definition) is 1. The fourth-order valence-electron chi connectivity index (χ4n) is 4.33. The van der Waals surface area contributed by atoms with Crippen molar-refractivity contribution in [2.45, 2.75) is 38.1 Å². The summed E-state index contributed by atoms with van der Waals surface area (Å²) >= 11 is 0. The summed E-state index contributed by atoms with van der Waals surface area (Å²) in [5.41, 5.74) is 1.95. The van der Waals surface area contributed by atoms with Gasteiger partial charge in [-0.15, -0.1) is 0 Å². The highest BCUT2D eigenvalue weighted by Crippen LogP contribution is 2.35. The maximum atomic E-state index is 12.7. The summed E-state index contributed by atoms with van der Waals surface area (Å²) in [6, 6.07) is 16.8. The number of imide groups is 1. The Bertz CT molecular complexity index is 853. The van der Waals surface area contributed by atoms with Gasteiger partial charge in [0.25, 0.3) is 11.8 Å². The summed E-state index contributed by atoms with van der Waals surface area (Å²) in [5, 5.41) is 3.16. The van der Waals surface area contributed by atoms with Crippen molar-refractivity contribution in [3.8, 4) is 0 Å². The number of amides is 3. The largest absolute Gasteiger partial charge is 0.349 e. The molecule has 2 aromatic rings. The molecule has 144 valence electrons. The molecule has 4 rings (SSSR count). The normalized spacial score (nSPS) is 17.6. The molecule has 1 atom stereocenters. The number of nitrogens with one attached hydrogen (secondary N) is 1. The van der Waals surface area contributed by atoms with E-state index in [-0.39, 0.29) is 36.7 Å². The number of rotatable bonds is 6. The van der Waals surface area contributed by atoms with Gasteiger partial charge in [-0.2, -0.15) is 0 Å². The van der Waals surface area contributed by atoms with Gasteiger partial charge in [0.2, 0.25) is 5.91 Å². The summed E-state index contributed by atoms with van der Waals surface area (Å²) in [4.78, 5) is 38.7. The van der Waals surface area contributed by atoms with Gasteiger partial charge in [0.05, 0.1) is 17.2 Å². The SMILES string of the molecule is O=C(CCN1C(=O)c2ccccc2C1=O)N[C@@H](c1ccccc1)C1CCCC1. The molecule has 5 nitrogen and oxygen atoms in total. The van der Waals surface area contributed by atoms with Gasteiger partial charge in [0, 0.05) is 13.0 Å². The number of fused-ring (bicyclic) bond motifs is 1. The molecule has 1 aliphatic carbocycles. The molecular formula is C23H24N2O3. The predicted molar refractivity (Wildman–Crippen MR) is 106 cm³/mol. The smallest absolute Gasteiger partial charge is 0.261 e. The molecule has 1 saturated carbocycles. The monoisotopic (exact) mass is 376 g/mol. The zero-order valence-electron chi connectivity index (χ0n) is 15.8. The Kier molecular flexibility index (Phi) is 5.24. The molecule has 2 aromatic carbocycles. The Hall–Kier alpha value is -2.95. The fourth-order valence-corrected chi connectivity index (χ4v) is 4.33. The van der Waals surface area contributed by atoms with Crippen LogP contribution in [0.4, 0.5) is 0 Å². The van der Waals surface area contributed by atoms with Crippen LogP contribution in [-0.4, -0.2) is 29.2 Å². The van der Waals surface area contributed by atoms with E-state index in [0.29, 0.717) is 17.0 Å². The van der Waals surface area contributed by atoms with Gasteiger partial charge in [-0.25, -0.2) is 0 Å². The quantitative estimate of drug-likeness (QED) is 0.782. The minimum Gasteiger partial charge on any atom is -0.349 e. The van der Waals surface area contributed by atoms with E-state index >= 15 is 0 Å². The van der Waals surface area contributed by atoms with Crippen molar-refractivity contribution >= 4 is 17.7 Å². The summed E-state index contributed by atoms with van der Waals surface area (Å²) in [7, 11) is 0. The highest BCUT2D eigenvalue weighted by molar-refractivity contribution is 6.21. The molecule has 0 spiro atoms. The van der Waals surface area contributed by atoms with Crippen molar-refractivity contribution in [3.63, 3.8) is 0 Å². The van der Waals surface area contributed by atoms with E-state index in [1.165, 1.54) is 17.7 Å². The first-order valence-corrected chi connectivity index (χ1v) is 9.94. The van der Waals surface area contributed by atoms with Crippen molar-refractivity contribution in [1.29, 1.82) is 0 Å². The Labute approximate surface area is 164 Å². The molecule has 1 fully saturated rings. The van der Waals surface area contributed by atoms with Gasteiger partial charge in [0.1, 0.15) is 0 Å². The molecule has 0 bridgehead atoms. The average molecular weight is 376 g/mol. The van der Waals surface area contributed by atoms with E-state index in [0.717, 1.165) is 18.4 Å². The van der Waals surface area contributed by atoms with Crippen LogP contribution in [-0.2, 0) is 4.79 Å². The molecule has 0 radical (unpaired) electrons. The third-order valence-corrected chi connectivity index (χ3v) is 5.79. The number of carbonyl (C=O) groups excluding carboxylic acids is 3. The molecule has 0 saturated heterocycles. The van der Waals surface area contributed by atoms with E-state index in [2.05, 4.69) is 5.32 Å². The fraction of sp³-hybridized carbons (Fsp3) is 0.348. The van der Waals surface area contributed by atoms with Crippen LogP contribution >= 0.6 is 0 Å². The number of benzene rings is 2. The molecule has 0 aromatic heterocycles. The molecular weight excluding hydrogens is 352 g/mol. The van der Waals surface area contributed by atoms with Crippen LogP contribution in [0.25, 0.3) is 0 Å². The van der Waals surface area contributed by atoms with Crippen LogP contribution in [0.5, 0.6) is 0 Å². The summed E-state index contributed by atoms with van der Waals surface area (Å²) in [6.07, 6.45) is 4.72. The minimum atomic E-state index is -0.316. The molecule has 3 amide bonds. The van der Waals surface area contributed by atoms with Crippen LogP contribution in [0.3, 0.4) is 0 Å².